The summed E-state index contributed by atoms with van der Waals surface area (Å²) in [4.78, 5) is 46.8. The lowest BCUT2D eigenvalue weighted by Gasteiger charge is -2.38. The molecular weight excluding hydrogens is 498 g/mol. The maximum atomic E-state index is 14.4. The number of anilines is 2. The minimum atomic E-state index is -1.16. The Kier molecular flexibility index (Phi) is 8.81. The molecule has 1 spiro atoms. The molecule has 2 unspecified atom stereocenters. The van der Waals surface area contributed by atoms with Crippen LogP contribution in [-0.2, 0) is 23.9 Å². The third-order valence-electron chi connectivity index (χ3n) is 8.42. The van der Waals surface area contributed by atoms with E-state index in [0.29, 0.717) is 24.9 Å². The van der Waals surface area contributed by atoms with Gasteiger partial charge < -0.3 is 29.3 Å². The lowest BCUT2D eigenvalue weighted by molar-refractivity contribution is -0.155. The minimum Gasteiger partial charge on any atom is -0.465 e. The van der Waals surface area contributed by atoms with Crippen LogP contribution >= 0.6 is 0 Å². The van der Waals surface area contributed by atoms with Gasteiger partial charge in [0.1, 0.15) is 11.6 Å². The molecule has 0 aromatic heterocycles. The topological polar surface area (TPSA) is 99.6 Å². The summed E-state index contributed by atoms with van der Waals surface area (Å²) in [5.74, 6) is -2.78. The van der Waals surface area contributed by atoms with Crippen molar-refractivity contribution < 1.29 is 29.0 Å². The Morgan fingerprint density at radius 3 is 2.46 bits per heavy atom. The van der Waals surface area contributed by atoms with Crippen molar-refractivity contribution in [2.75, 3.05) is 42.6 Å². The molecule has 3 fully saturated rings. The lowest BCUT2D eigenvalue weighted by atomic mass is 9.70. The monoisotopic (exact) mass is 539 g/mol. The van der Waals surface area contributed by atoms with Crippen molar-refractivity contribution in [3.05, 3.63) is 49.6 Å². The average Bonchev–Trinajstić information content (AvgIpc) is 3.59. The van der Waals surface area contributed by atoms with E-state index < -0.39 is 41.6 Å². The number of fused-ring (bicyclic) bond motifs is 1. The van der Waals surface area contributed by atoms with E-state index in [4.69, 9.17) is 9.47 Å². The average molecular weight is 540 g/mol. The number of ether oxygens (including phenoxy) is 2. The maximum absolute atomic E-state index is 14.4. The van der Waals surface area contributed by atoms with Crippen molar-refractivity contribution in [1.29, 1.82) is 0 Å². The quantitative estimate of drug-likeness (QED) is 0.234. The molecule has 1 aromatic carbocycles. The van der Waals surface area contributed by atoms with E-state index in [-0.39, 0.29) is 31.6 Å². The van der Waals surface area contributed by atoms with Crippen LogP contribution in [0.15, 0.2) is 49.6 Å². The van der Waals surface area contributed by atoms with Crippen molar-refractivity contribution in [1.82, 2.24) is 4.90 Å². The van der Waals surface area contributed by atoms with Gasteiger partial charge in [-0.25, -0.2) is 0 Å². The number of rotatable bonds is 13. The summed E-state index contributed by atoms with van der Waals surface area (Å²) >= 11 is 0. The summed E-state index contributed by atoms with van der Waals surface area (Å²) < 4.78 is 11.9. The van der Waals surface area contributed by atoms with Crippen LogP contribution in [0.4, 0.5) is 11.4 Å². The first-order valence-corrected chi connectivity index (χ1v) is 13.9. The van der Waals surface area contributed by atoms with Gasteiger partial charge >= 0.3 is 5.97 Å². The highest BCUT2D eigenvalue weighted by molar-refractivity contribution is 6.04. The largest absolute Gasteiger partial charge is 0.465 e. The van der Waals surface area contributed by atoms with Crippen molar-refractivity contribution in [2.45, 2.75) is 63.8 Å². The Morgan fingerprint density at radius 2 is 1.87 bits per heavy atom. The second-order valence-corrected chi connectivity index (χ2v) is 10.5. The Hall–Kier alpha value is -3.17. The molecule has 3 aliphatic heterocycles. The van der Waals surface area contributed by atoms with E-state index in [1.165, 1.54) is 4.90 Å². The van der Waals surface area contributed by atoms with Crippen molar-refractivity contribution in [3.8, 4) is 0 Å². The number of aliphatic hydroxyl groups excluding tert-OH is 1. The van der Waals surface area contributed by atoms with E-state index in [1.54, 1.807) is 24.0 Å². The number of benzene rings is 1. The number of likely N-dealkylation sites (tertiary alicyclic amines) is 1. The van der Waals surface area contributed by atoms with Crippen LogP contribution in [-0.4, -0.2) is 84.4 Å². The number of carbonyl (C=O) groups excluding carboxylic acids is 3. The molecule has 3 saturated heterocycles. The first-order valence-electron chi connectivity index (χ1n) is 13.9. The van der Waals surface area contributed by atoms with Gasteiger partial charge in [-0.2, -0.15) is 0 Å². The highest BCUT2D eigenvalue weighted by Crippen LogP contribution is 2.59. The smallest absolute Gasteiger partial charge is 0.312 e. The number of nitrogens with zero attached hydrogens (tertiary/aromatic N) is 3. The van der Waals surface area contributed by atoms with Gasteiger partial charge in [0, 0.05) is 31.0 Å². The summed E-state index contributed by atoms with van der Waals surface area (Å²) in [6.07, 6.45) is 4.35. The number of esters is 1. The third-order valence-corrected chi connectivity index (χ3v) is 8.42. The molecule has 3 heterocycles. The molecule has 4 rings (SSSR count). The van der Waals surface area contributed by atoms with E-state index in [1.807, 2.05) is 24.3 Å². The standard InChI is InChI=1S/C30H41N3O6/c1-6-10-18-38-29(37)24-23-15-16-30(39-23)25(24)27(35)33(20(5)19-34)26(30)28(36)32(17-7-2)22-13-11-21(12-14-22)31(8-3)9-4/h6-7,11-14,20,23-26,34H,1-2,8-10,15-19H2,3-5H3/t20-,23+,24-,25+,26?,30?/m1/s1. The summed E-state index contributed by atoms with van der Waals surface area (Å²) in [6, 6.07) is 6.13. The zero-order valence-corrected chi connectivity index (χ0v) is 23.3. The van der Waals surface area contributed by atoms with Gasteiger partial charge in [0.15, 0.2) is 0 Å². The first kappa shape index (κ1) is 28.8. The number of hydrogen-bond acceptors (Lipinski definition) is 7. The normalized spacial score (nSPS) is 27.7. The van der Waals surface area contributed by atoms with Crippen LogP contribution in [0.3, 0.4) is 0 Å². The summed E-state index contributed by atoms with van der Waals surface area (Å²) in [5, 5.41) is 10.1. The SMILES string of the molecule is C=CCCOC(=O)[C@@H]1[C@@H]2CCC3(O2)C(C(=O)N(CC=C)c2ccc(N(CC)CC)cc2)N([C@H](C)CO)C(=O)[C@H]13. The lowest BCUT2D eigenvalue weighted by Crippen LogP contribution is -2.58. The predicted molar refractivity (Wildman–Crippen MR) is 149 cm³/mol. The van der Waals surface area contributed by atoms with Crippen LogP contribution in [0.1, 0.15) is 40.0 Å². The molecule has 0 aliphatic carbocycles. The summed E-state index contributed by atoms with van der Waals surface area (Å²) in [5.41, 5.74) is 0.563. The van der Waals surface area contributed by atoms with Crippen LogP contribution in [0.25, 0.3) is 0 Å². The highest BCUT2D eigenvalue weighted by Gasteiger charge is 2.75. The fourth-order valence-electron chi connectivity index (χ4n) is 6.57. The molecule has 212 valence electrons. The Labute approximate surface area is 231 Å². The highest BCUT2D eigenvalue weighted by atomic mass is 16.6. The Balaban J connectivity index is 1.71. The van der Waals surface area contributed by atoms with Crippen LogP contribution in [0.2, 0.25) is 0 Å². The number of aliphatic hydroxyl groups is 1. The Morgan fingerprint density at radius 1 is 1.21 bits per heavy atom. The Bertz CT molecular complexity index is 1090. The summed E-state index contributed by atoms with van der Waals surface area (Å²) in [6.45, 7) is 15.2. The first-order chi connectivity index (χ1) is 18.8. The van der Waals surface area contributed by atoms with E-state index in [0.717, 1.165) is 18.8 Å². The molecule has 9 nitrogen and oxygen atoms in total. The van der Waals surface area contributed by atoms with Crippen LogP contribution < -0.4 is 9.80 Å². The molecule has 1 N–H and O–H groups in total. The molecule has 0 saturated carbocycles. The molecule has 0 radical (unpaired) electrons. The second-order valence-electron chi connectivity index (χ2n) is 10.5. The van der Waals surface area contributed by atoms with Crippen molar-refractivity contribution >= 4 is 29.2 Å². The molecule has 2 amide bonds. The molecule has 6 atom stereocenters. The molecule has 2 bridgehead atoms. The predicted octanol–water partition coefficient (Wildman–Crippen LogP) is 2.93. The van der Waals surface area contributed by atoms with Crippen LogP contribution in [0, 0.1) is 11.8 Å². The molecule has 3 aliphatic rings. The molecule has 39 heavy (non-hydrogen) atoms. The zero-order chi connectivity index (χ0) is 28.3. The maximum Gasteiger partial charge on any atom is 0.312 e. The van der Waals surface area contributed by atoms with Crippen LogP contribution in [0.5, 0.6) is 0 Å². The van der Waals surface area contributed by atoms with Gasteiger partial charge in [-0.1, -0.05) is 12.2 Å². The van der Waals surface area contributed by atoms with Crippen molar-refractivity contribution in [2.24, 2.45) is 11.8 Å². The second kappa shape index (κ2) is 11.9. The van der Waals surface area contributed by atoms with Gasteiger partial charge in [-0.05, 0) is 64.3 Å². The van der Waals surface area contributed by atoms with Gasteiger partial charge in [-0.3, -0.25) is 14.4 Å². The van der Waals surface area contributed by atoms with E-state index >= 15 is 0 Å². The van der Waals surface area contributed by atoms with Gasteiger partial charge in [-0.15, -0.1) is 13.2 Å². The van der Waals surface area contributed by atoms with Gasteiger partial charge in [0.2, 0.25) is 5.91 Å². The fraction of sp³-hybridized carbons (Fsp3) is 0.567. The number of amides is 2. The minimum absolute atomic E-state index is 0.176. The zero-order valence-electron chi connectivity index (χ0n) is 23.3. The van der Waals surface area contributed by atoms with E-state index in [9.17, 15) is 19.5 Å². The third kappa shape index (κ3) is 4.87. The molecular formula is C30H41N3O6. The molecule has 1 aromatic rings. The number of carbonyl (C=O) groups is 3. The summed E-state index contributed by atoms with van der Waals surface area (Å²) in [7, 11) is 0. The number of hydrogen-bond donors (Lipinski definition) is 1. The van der Waals surface area contributed by atoms with Gasteiger partial charge in [0.05, 0.1) is 37.2 Å². The fourth-order valence-corrected chi connectivity index (χ4v) is 6.57. The van der Waals surface area contributed by atoms with Gasteiger partial charge in [0.25, 0.3) is 5.91 Å². The van der Waals surface area contributed by atoms with Crippen molar-refractivity contribution in [3.63, 3.8) is 0 Å². The molecule has 9 heteroatoms. The van der Waals surface area contributed by atoms with E-state index in [2.05, 4.69) is 31.9 Å².